The van der Waals surface area contributed by atoms with Crippen LogP contribution in [-0.2, 0) is 0 Å². The first-order valence-corrected chi connectivity index (χ1v) is 7.54. The molecule has 1 saturated heterocycles. The highest BCUT2D eigenvalue weighted by Gasteiger charge is 2.28. The van der Waals surface area contributed by atoms with Gasteiger partial charge in [-0.05, 0) is 43.2 Å². The van der Waals surface area contributed by atoms with Crippen molar-refractivity contribution in [3.05, 3.63) is 29.8 Å². The zero-order valence-electron chi connectivity index (χ0n) is 10.1. The maximum Gasteiger partial charge on any atom is 0.0367 e. The van der Waals surface area contributed by atoms with Gasteiger partial charge in [-0.3, -0.25) is 4.90 Å². The molecule has 3 rings (SSSR count). The van der Waals surface area contributed by atoms with Crippen LogP contribution in [0, 0.1) is 0 Å². The lowest BCUT2D eigenvalue weighted by molar-refractivity contribution is 0.143. The number of hydrogen-bond donors (Lipinski definition) is 1. The molecule has 2 heterocycles. The molecule has 0 amide bonds. The van der Waals surface area contributed by atoms with Crippen molar-refractivity contribution in [3.63, 3.8) is 0 Å². The van der Waals surface area contributed by atoms with Gasteiger partial charge in [-0.2, -0.15) is 0 Å². The number of nitrogens with two attached hydrogens (primary N) is 1. The minimum atomic E-state index is 0.380. The summed E-state index contributed by atoms with van der Waals surface area (Å²) in [5, 5.41) is 0. The lowest BCUT2D eigenvalue weighted by atomic mass is 9.97. The van der Waals surface area contributed by atoms with Crippen LogP contribution in [0.5, 0.6) is 0 Å². The van der Waals surface area contributed by atoms with E-state index in [4.69, 9.17) is 5.73 Å². The van der Waals surface area contributed by atoms with Gasteiger partial charge < -0.3 is 5.73 Å². The molecule has 1 aromatic rings. The van der Waals surface area contributed by atoms with Crippen LogP contribution in [0.15, 0.2) is 29.2 Å². The molecule has 2 atom stereocenters. The van der Waals surface area contributed by atoms with Gasteiger partial charge in [0, 0.05) is 23.5 Å². The number of rotatable bonds is 1. The van der Waals surface area contributed by atoms with Crippen LogP contribution in [-0.4, -0.2) is 29.8 Å². The average Bonchev–Trinajstić information content (AvgIpc) is 2.38. The lowest BCUT2D eigenvalue weighted by Crippen LogP contribution is -2.45. The van der Waals surface area contributed by atoms with E-state index in [0.29, 0.717) is 12.1 Å². The maximum absolute atomic E-state index is 6.10. The van der Waals surface area contributed by atoms with Gasteiger partial charge in [-0.25, -0.2) is 0 Å². The third-order valence-electron chi connectivity index (χ3n) is 3.86. The molecule has 0 spiro atoms. The Kier molecular flexibility index (Phi) is 3.41. The van der Waals surface area contributed by atoms with Crippen LogP contribution >= 0.6 is 11.8 Å². The second-order valence-electron chi connectivity index (χ2n) is 5.09. The molecule has 2 nitrogen and oxygen atoms in total. The molecule has 0 radical (unpaired) electrons. The van der Waals surface area contributed by atoms with E-state index in [1.807, 2.05) is 11.8 Å². The Morgan fingerprint density at radius 1 is 1.24 bits per heavy atom. The van der Waals surface area contributed by atoms with Gasteiger partial charge in [-0.15, -0.1) is 11.8 Å². The quantitative estimate of drug-likeness (QED) is 0.828. The van der Waals surface area contributed by atoms with E-state index < -0.39 is 0 Å². The minimum absolute atomic E-state index is 0.380. The summed E-state index contributed by atoms with van der Waals surface area (Å²) in [5.74, 6) is 1.24. The highest BCUT2D eigenvalue weighted by molar-refractivity contribution is 7.99. The van der Waals surface area contributed by atoms with Gasteiger partial charge >= 0.3 is 0 Å². The zero-order chi connectivity index (χ0) is 11.7. The van der Waals surface area contributed by atoms with Crippen molar-refractivity contribution >= 4 is 11.8 Å². The number of piperidine rings is 1. The van der Waals surface area contributed by atoms with Crippen LogP contribution < -0.4 is 5.73 Å². The van der Waals surface area contributed by atoms with Crippen molar-refractivity contribution in [2.75, 3.05) is 18.8 Å². The number of hydrogen-bond acceptors (Lipinski definition) is 3. The fourth-order valence-electron chi connectivity index (χ4n) is 3.03. The molecule has 3 heteroatoms. The molecule has 17 heavy (non-hydrogen) atoms. The first-order chi connectivity index (χ1) is 8.34. The van der Waals surface area contributed by atoms with Crippen molar-refractivity contribution in [2.24, 2.45) is 5.73 Å². The smallest absolute Gasteiger partial charge is 0.0367 e. The molecule has 2 N–H and O–H groups in total. The summed E-state index contributed by atoms with van der Waals surface area (Å²) in [5.41, 5.74) is 7.63. The average molecular weight is 248 g/mol. The predicted octanol–water partition coefficient (Wildman–Crippen LogP) is 2.65. The first-order valence-electron chi connectivity index (χ1n) is 6.56. The lowest BCUT2D eigenvalue weighted by Gasteiger charge is -2.39. The summed E-state index contributed by atoms with van der Waals surface area (Å²) in [6, 6.07) is 9.87. The Morgan fingerprint density at radius 2 is 2.12 bits per heavy atom. The molecular weight excluding hydrogens is 228 g/mol. The summed E-state index contributed by atoms with van der Waals surface area (Å²) < 4.78 is 0. The van der Waals surface area contributed by atoms with Gasteiger partial charge in [0.2, 0.25) is 0 Å². The van der Waals surface area contributed by atoms with E-state index in [1.54, 1.807) is 0 Å². The van der Waals surface area contributed by atoms with Crippen molar-refractivity contribution in [2.45, 2.75) is 36.2 Å². The molecule has 0 bridgehead atoms. The third-order valence-corrected chi connectivity index (χ3v) is 4.98. The summed E-state index contributed by atoms with van der Waals surface area (Å²) in [7, 11) is 0. The fraction of sp³-hybridized carbons (Fsp3) is 0.571. The van der Waals surface area contributed by atoms with Crippen LogP contribution in [0.2, 0.25) is 0 Å². The van der Waals surface area contributed by atoms with E-state index >= 15 is 0 Å². The highest BCUT2D eigenvalue weighted by atomic mass is 32.2. The minimum Gasteiger partial charge on any atom is -0.327 e. The second kappa shape index (κ2) is 5.01. The number of likely N-dealkylation sites (tertiary alicyclic amines) is 1. The number of thioether (sulfide) groups is 1. The second-order valence-corrected chi connectivity index (χ2v) is 6.22. The zero-order valence-corrected chi connectivity index (χ0v) is 11.0. The van der Waals surface area contributed by atoms with E-state index in [2.05, 4.69) is 29.2 Å². The Balaban J connectivity index is 1.84. The monoisotopic (exact) mass is 248 g/mol. The highest BCUT2D eigenvalue weighted by Crippen LogP contribution is 2.39. The largest absolute Gasteiger partial charge is 0.327 e. The third kappa shape index (κ3) is 2.37. The maximum atomic E-state index is 6.10. The van der Waals surface area contributed by atoms with Crippen molar-refractivity contribution in [3.8, 4) is 0 Å². The first kappa shape index (κ1) is 11.6. The summed E-state index contributed by atoms with van der Waals surface area (Å²) in [4.78, 5) is 4.08. The van der Waals surface area contributed by atoms with Crippen LogP contribution in [0.25, 0.3) is 0 Å². The standard InChI is InChI=1S/C14H20N2S/c15-11-4-3-8-16(10-11)13-7-9-17-14-6-2-1-5-12(13)14/h1-2,5-6,11,13H,3-4,7-10,15H2. The predicted molar refractivity (Wildman–Crippen MR) is 73.3 cm³/mol. The van der Waals surface area contributed by atoms with Gasteiger partial charge in [0.25, 0.3) is 0 Å². The molecular formula is C14H20N2S. The van der Waals surface area contributed by atoms with E-state index in [9.17, 15) is 0 Å². The topological polar surface area (TPSA) is 29.3 Å². The summed E-state index contributed by atoms with van der Waals surface area (Å²) in [6.45, 7) is 2.29. The van der Waals surface area contributed by atoms with Gasteiger partial charge in [0.05, 0.1) is 0 Å². The Bertz CT molecular complexity index is 394. The molecule has 2 unspecified atom stereocenters. The van der Waals surface area contributed by atoms with Crippen LogP contribution in [0.3, 0.4) is 0 Å². The van der Waals surface area contributed by atoms with Crippen molar-refractivity contribution in [1.82, 2.24) is 4.90 Å². The number of fused-ring (bicyclic) bond motifs is 1. The Hall–Kier alpha value is -0.510. The molecule has 2 aliphatic rings. The van der Waals surface area contributed by atoms with Gasteiger partial charge in [-0.1, -0.05) is 18.2 Å². The number of benzene rings is 1. The molecule has 0 saturated carbocycles. The summed E-state index contributed by atoms with van der Waals surface area (Å²) in [6.07, 6.45) is 3.72. The molecule has 2 aliphatic heterocycles. The Labute approximate surface area is 108 Å². The normalized spacial score (nSPS) is 29.9. The fourth-order valence-corrected chi connectivity index (χ4v) is 4.13. The van der Waals surface area contributed by atoms with E-state index in [0.717, 1.165) is 6.54 Å². The van der Waals surface area contributed by atoms with Crippen LogP contribution in [0.1, 0.15) is 30.9 Å². The van der Waals surface area contributed by atoms with E-state index in [-0.39, 0.29) is 0 Å². The van der Waals surface area contributed by atoms with Crippen molar-refractivity contribution < 1.29 is 0 Å². The summed E-state index contributed by atoms with van der Waals surface area (Å²) >= 11 is 2.00. The molecule has 1 aromatic carbocycles. The Morgan fingerprint density at radius 3 is 3.00 bits per heavy atom. The van der Waals surface area contributed by atoms with Crippen molar-refractivity contribution in [1.29, 1.82) is 0 Å². The van der Waals surface area contributed by atoms with Gasteiger partial charge in [0.15, 0.2) is 0 Å². The molecule has 92 valence electrons. The molecule has 1 fully saturated rings. The van der Waals surface area contributed by atoms with Gasteiger partial charge in [0.1, 0.15) is 0 Å². The molecule has 0 aliphatic carbocycles. The molecule has 0 aromatic heterocycles. The van der Waals surface area contributed by atoms with E-state index in [1.165, 1.54) is 42.0 Å². The van der Waals surface area contributed by atoms with Crippen LogP contribution in [0.4, 0.5) is 0 Å². The number of nitrogens with zero attached hydrogens (tertiary/aromatic N) is 1. The SMILES string of the molecule is NC1CCCN(C2CCSc3ccccc32)C1.